The number of alkyl halides is 3. The van der Waals surface area contributed by atoms with E-state index in [9.17, 15) is 32.3 Å². The molecular weight excluding hydrogens is 405 g/mol. The molecule has 1 unspecified atom stereocenters. The second-order valence-corrected chi connectivity index (χ2v) is 7.48. The zero-order valence-corrected chi connectivity index (χ0v) is 16.0. The molecule has 10 heteroatoms. The van der Waals surface area contributed by atoms with Gasteiger partial charge in [-0.05, 0) is 49.4 Å². The zero-order valence-electron chi connectivity index (χ0n) is 16.0. The van der Waals surface area contributed by atoms with Gasteiger partial charge in [-0.15, -0.1) is 0 Å². The van der Waals surface area contributed by atoms with Crippen molar-refractivity contribution in [1.29, 1.82) is 0 Å². The maximum atomic E-state index is 12.1. The number of esters is 2. The van der Waals surface area contributed by atoms with Gasteiger partial charge in [0.2, 0.25) is 11.8 Å². The van der Waals surface area contributed by atoms with E-state index in [1.807, 2.05) is 24.3 Å². The molecule has 0 aromatic heterocycles. The number of halogens is 3. The normalized spacial score (nSPS) is 21.2. The van der Waals surface area contributed by atoms with Crippen molar-refractivity contribution in [3.05, 3.63) is 35.4 Å². The largest absolute Gasteiger partial charge is 0.491 e. The van der Waals surface area contributed by atoms with Crippen molar-refractivity contribution in [1.82, 2.24) is 10.2 Å². The van der Waals surface area contributed by atoms with Gasteiger partial charge in [0.1, 0.15) is 0 Å². The van der Waals surface area contributed by atoms with Gasteiger partial charge in [0.15, 0.2) is 0 Å². The molecule has 1 N–H and O–H groups in total. The Morgan fingerprint density at radius 2 is 1.63 bits per heavy atom. The molecule has 1 aromatic rings. The number of amides is 2. The first-order valence-corrected chi connectivity index (χ1v) is 9.61. The molecule has 0 spiro atoms. The van der Waals surface area contributed by atoms with Crippen LogP contribution in [-0.4, -0.2) is 54.5 Å². The van der Waals surface area contributed by atoms with Gasteiger partial charge in [-0.1, -0.05) is 24.3 Å². The van der Waals surface area contributed by atoms with Gasteiger partial charge in [0.25, 0.3) is 0 Å². The van der Waals surface area contributed by atoms with Crippen molar-refractivity contribution in [2.75, 3.05) is 19.6 Å². The molecule has 2 aliphatic heterocycles. The van der Waals surface area contributed by atoms with E-state index in [0.717, 1.165) is 11.1 Å². The minimum atomic E-state index is -5.19. The Morgan fingerprint density at radius 1 is 1.03 bits per heavy atom. The lowest BCUT2D eigenvalue weighted by Gasteiger charge is -2.31. The van der Waals surface area contributed by atoms with E-state index in [1.54, 1.807) is 4.90 Å². The van der Waals surface area contributed by atoms with Gasteiger partial charge in [-0.2, -0.15) is 13.2 Å². The fourth-order valence-electron chi connectivity index (χ4n) is 3.81. The van der Waals surface area contributed by atoms with Crippen LogP contribution < -0.4 is 5.32 Å². The minimum absolute atomic E-state index is 0.213. The third kappa shape index (κ3) is 5.44. The number of nitrogens with zero attached hydrogens (tertiary/aromatic N) is 1. The highest BCUT2D eigenvalue weighted by atomic mass is 19.4. The number of benzene rings is 1. The standard InChI is InChI=1S/C20H21F3N2O5/c21-20(22,23)19(29)30-17(27)11-25-9-7-13(8-10-25)12-1-3-14(4-2-12)15-5-6-16(26)24-18(15)28/h1-4,13,15H,5-11H2,(H,24,26,28). The summed E-state index contributed by atoms with van der Waals surface area (Å²) in [6.45, 7) is 0.590. The predicted molar refractivity (Wildman–Crippen MR) is 97.1 cm³/mol. The number of rotatable bonds is 4. The summed E-state index contributed by atoms with van der Waals surface area (Å²) in [6, 6.07) is 7.63. The van der Waals surface area contributed by atoms with Crippen molar-refractivity contribution >= 4 is 23.8 Å². The summed E-state index contributed by atoms with van der Waals surface area (Å²) in [5, 5.41) is 2.34. The van der Waals surface area contributed by atoms with Crippen LogP contribution in [0.25, 0.3) is 0 Å². The minimum Gasteiger partial charge on any atom is -0.385 e. The maximum Gasteiger partial charge on any atom is 0.491 e. The lowest BCUT2D eigenvalue weighted by Crippen LogP contribution is -2.39. The fraction of sp³-hybridized carbons (Fsp3) is 0.500. The van der Waals surface area contributed by atoms with Crippen LogP contribution in [0, 0.1) is 0 Å². The van der Waals surface area contributed by atoms with E-state index in [-0.39, 0.29) is 30.2 Å². The molecule has 0 radical (unpaired) electrons. The number of piperidine rings is 2. The Balaban J connectivity index is 1.49. The van der Waals surface area contributed by atoms with Gasteiger partial charge >= 0.3 is 18.1 Å². The summed E-state index contributed by atoms with van der Waals surface area (Å²) in [5.41, 5.74) is 1.92. The highest BCUT2D eigenvalue weighted by Crippen LogP contribution is 2.31. The van der Waals surface area contributed by atoms with E-state index in [1.165, 1.54) is 0 Å². The molecule has 2 aliphatic rings. The average Bonchev–Trinajstić information content (AvgIpc) is 2.68. The quantitative estimate of drug-likeness (QED) is 0.450. The first-order chi connectivity index (χ1) is 14.1. The first kappa shape index (κ1) is 21.9. The summed E-state index contributed by atoms with van der Waals surface area (Å²) in [7, 11) is 0. The van der Waals surface area contributed by atoms with Gasteiger partial charge in [-0.3, -0.25) is 24.6 Å². The third-order valence-corrected chi connectivity index (χ3v) is 5.43. The highest BCUT2D eigenvalue weighted by molar-refractivity contribution is 6.00. The number of likely N-dealkylation sites (tertiary alicyclic amines) is 1. The lowest BCUT2D eigenvalue weighted by molar-refractivity contribution is -0.202. The summed E-state index contributed by atoms with van der Waals surface area (Å²) < 4.78 is 40.2. The van der Waals surface area contributed by atoms with Gasteiger partial charge in [0.05, 0.1) is 12.5 Å². The van der Waals surface area contributed by atoms with E-state index in [0.29, 0.717) is 38.8 Å². The molecule has 1 aromatic carbocycles. The van der Waals surface area contributed by atoms with Crippen LogP contribution in [0.3, 0.4) is 0 Å². The van der Waals surface area contributed by atoms with Crippen LogP contribution in [0.5, 0.6) is 0 Å². The van der Waals surface area contributed by atoms with Crippen molar-refractivity contribution in [3.8, 4) is 0 Å². The second-order valence-electron chi connectivity index (χ2n) is 7.48. The Morgan fingerprint density at radius 3 is 2.20 bits per heavy atom. The molecule has 30 heavy (non-hydrogen) atoms. The number of nitrogens with one attached hydrogen (secondary N) is 1. The van der Waals surface area contributed by atoms with Crippen molar-refractivity contribution in [2.45, 2.75) is 43.7 Å². The Labute approximate surface area is 170 Å². The molecule has 2 saturated heterocycles. The van der Waals surface area contributed by atoms with Gasteiger partial charge in [0, 0.05) is 6.42 Å². The summed E-state index contributed by atoms with van der Waals surface area (Å²) in [5.74, 6) is -4.40. The molecule has 3 rings (SSSR count). The van der Waals surface area contributed by atoms with E-state index < -0.39 is 18.1 Å². The summed E-state index contributed by atoms with van der Waals surface area (Å²) in [6.07, 6.45) is -3.01. The number of ether oxygens (including phenoxy) is 1. The molecule has 0 bridgehead atoms. The molecular formula is C20H21F3N2O5. The predicted octanol–water partition coefficient (Wildman–Crippen LogP) is 2.02. The average molecular weight is 426 g/mol. The van der Waals surface area contributed by atoms with Gasteiger partial charge < -0.3 is 4.74 Å². The lowest BCUT2D eigenvalue weighted by atomic mass is 9.86. The number of hydrogen-bond acceptors (Lipinski definition) is 6. The zero-order chi connectivity index (χ0) is 21.9. The molecule has 7 nitrogen and oxygen atoms in total. The van der Waals surface area contributed by atoms with E-state index in [2.05, 4.69) is 10.1 Å². The molecule has 0 aliphatic carbocycles. The number of carbonyl (C=O) groups excluding carboxylic acids is 4. The first-order valence-electron chi connectivity index (χ1n) is 9.61. The van der Waals surface area contributed by atoms with Crippen LogP contribution in [0.4, 0.5) is 13.2 Å². The molecule has 162 valence electrons. The molecule has 2 fully saturated rings. The Hall–Kier alpha value is -2.75. The summed E-state index contributed by atoms with van der Waals surface area (Å²) >= 11 is 0. The van der Waals surface area contributed by atoms with Crippen molar-refractivity contribution in [3.63, 3.8) is 0 Å². The van der Waals surface area contributed by atoms with Crippen molar-refractivity contribution < 1.29 is 37.1 Å². The van der Waals surface area contributed by atoms with E-state index in [4.69, 9.17) is 0 Å². The van der Waals surface area contributed by atoms with E-state index >= 15 is 0 Å². The maximum absolute atomic E-state index is 12.1. The van der Waals surface area contributed by atoms with Crippen LogP contribution in [0.2, 0.25) is 0 Å². The Bertz CT molecular complexity index is 830. The van der Waals surface area contributed by atoms with Crippen LogP contribution in [-0.2, 0) is 23.9 Å². The molecule has 1 atom stereocenters. The topological polar surface area (TPSA) is 92.8 Å². The fourth-order valence-corrected chi connectivity index (χ4v) is 3.81. The number of imide groups is 1. The monoisotopic (exact) mass is 426 g/mol. The van der Waals surface area contributed by atoms with Crippen LogP contribution >= 0.6 is 0 Å². The van der Waals surface area contributed by atoms with Crippen molar-refractivity contribution in [2.24, 2.45) is 0 Å². The molecule has 0 saturated carbocycles. The van der Waals surface area contributed by atoms with Crippen LogP contribution in [0.15, 0.2) is 24.3 Å². The summed E-state index contributed by atoms with van der Waals surface area (Å²) in [4.78, 5) is 47.1. The SMILES string of the molecule is O=C1CCC(c2ccc(C3CCN(CC(=O)OC(=O)C(F)(F)F)CC3)cc2)C(=O)N1. The molecule has 2 heterocycles. The Kier molecular flexibility index (Phi) is 6.55. The number of hydrogen-bond donors (Lipinski definition) is 1. The smallest absolute Gasteiger partial charge is 0.385 e. The second kappa shape index (κ2) is 8.95. The number of carbonyl (C=O) groups is 4. The molecule has 2 amide bonds. The van der Waals surface area contributed by atoms with Gasteiger partial charge in [-0.25, -0.2) is 4.79 Å². The third-order valence-electron chi connectivity index (χ3n) is 5.43. The highest BCUT2D eigenvalue weighted by Gasteiger charge is 2.42. The van der Waals surface area contributed by atoms with Crippen LogP contribution in [0.1, 0.15) is 48.6 Å².